The highest BCUT2D eigenvalue weighted by Crippen LogP contribution is 2.31. The van der Waals surface area contributed by atoms with E-state index in [-0.39, 0.29) is 28.0 Å². The summed E-state index contributed by atoms with van der Waals surface area (Å²) in [5.74, 6) is -0.104. The minimum absolute atomic E-state index is 0.0390. The van der Waals surface area contributed by atoms with E-state index in [0.717, 1.165) is 16.7 Å². The summed E-state index contributed by atoms with van der Waals surface area (Å²) >= 11 is 0. The van der Waals surface area contributed by atoms with Crippen LogP contribution in [-0.4, -0.2) is 66.4 Å². The van der Waals surface area contributed by atoms with Crippen molar-refractivity contribution in [1.82, 2.24) is 19.8 Å². The number of rotatable bonds is 3. The predicted molar refractivity (Wildman–Crippen MR) is 175 cm³/mol. The second kappa shape index (κ2) is 11.9. The Kier molecular flexibility index (Phi) is 8.13. The number of benzene rings is 3. The number of amides is 1. The molecule has 0 unspecified atom stereocenters. The molecular weight excluding hydrogens is 586 g/mol. The molecule has 6 rings (SSSR count). The van der Waals surface area contributed by atoms with Crippen LogP contribution >= 0.6 is 0 Å². The highest BCUT2D eigenvalue weighted by Gasteiger charge is 2.30. The van der Waals surface area contributed by atoms with Crippen molar-refractivity contribution in [3.05, 3.63) is 101 Å². The molecule has 3 heterocycles. The van der Waals surface area contributed by atoms with E-state index in [1.165, 1.54) is 23.3 Å². The molecule has 10 heteroatoms. The van der Waals surface area contributed by atoms with Crippen molar-refractivity contribution in [2.45, 2.75) is 57.6 Å². The summed E-state index contributed by atoms with van der Waals surface area (Å²) in [6.45, 7) is 13.3. The van der Waals surface area contributed by atoms with Crippen LogP contribution in [0.3, 0.4) is 0 Å². The first kappa shape index (κ1) is 30.7. The second-order valence-electron chi connectivity index (χ2n) is 13.0. The van der Waals surface area contributed by atoms with Gasteiger partial charge in [-0.15, -0.1) is 0 Å². The maximum atomic E-state index is 13.8. The fraction of sp³-hybridized carbons (Fsp3) is 0.343. The molecule has 1 fully saturated rings. The van der Waals surface area contributed by atoms with Crippen molar-refractivity contribution in [1.29, 1.82) is 0 Å². The van der Waals surface area contributed by atoms with Crippen molar-refractivity contribution in [2.75, 3.05) is 30.9 Å². The van der Waals surface area contributed by atoms with E-state index in [1.54, 1.807) is 23.1 Å². The van der Waals surface area contributed by atoms with Gasteiger partial charge in [0, 0.05) is 43.4 Å². The molecule has 0 spiro atoms. The van der Waals surface area contributed by atoms with Gasteiger partial charge in [-0.3, -0.25) is 9.69 Å². The number of aryl methyl sites for hydroxylation is 2. The second-order valence-corrected chi connectivity index (χ2v) is 14.7. The van der Waals surface area contributed by atoms with Gasteiger partial charge in [0.2, 0.25) is 11.8 Å². The van der Waals surface area contributed by atoms with E-state index >= 15 is 0 Å². The molecule has 1 aromatic heterocycles. The molecule has 0 aliphatic carbocycles. The summed E-state index contributed by atoms with van der Waals surface area (Å²) in [7, 11) is -4.10. The van der Waals surface area contributed by atoms with Crippen LogP contribution in [-0.2, 0) is 22.0 Å². The average molecular weight is 626 g/mol. The van der Waals surface area contributed by atoms with E-state index in [2.05, 4.69) is 64.6 Å². The topological polar surface area (TPSA) is 105 Å². The highest BCUT2D eigenvalue weighted by atomic mass is 32.2. The number of fused-ring (bicyclic) bond motifs is 6. The Morgan fingerprint density at radius 1 is 0.911 bits per heavy atom. The number of aromatic nitrogens is 2. The van der Waals surface area contributed by atoms with Crippen LogP contribution < -0.4 is 9.46 Å². The molecule has 6 bridgehead atoms. The lowest BCUT2D eigenvalue weighted by Gasteiger charge is -2.25. The van der Waals surface area contributed by atoms with Gasteiger partial charge < -0.3 is 9.64 Å². The van der Waals surface area contributed by atoms with Crippen molar-refractivity contribution in [3.63, 3.8) is 0 Å². The largest absolute Gasteiger partial charge is 0.471 e. The number of sulfonamides is 1. The SMILES string of the molecule is Cc1cccc(C)c1-c1cc2nc(n1)NS(=O)(=O)c1cccc(c1)C(=O)N1CCN(Cc3ccc(C(C)(C)C)cc3)C[C@H](C1)O2. The molecule has 3 aromatic carbocycles. The minimum Gasteiger partial charge on any atom is -0.471 e. The molecule has 9 nitrogen and oxygen atoms in total. The third-order valence-corrected chi connectivity index (χ3v) is 9.76. The Labute approximate surface area is 265 Å². The maximum Gasteiger partial charge on any atom is 0.264 e. The third-order valence-electron chi connectivity index (χ3n) is 8.43. The van der Waals surface area contributed by atoms with Gasteiger partial charge in [0.1, 0.15) is 6.10 Å². The number of nitrogens with one attached hydrogen (secondary N) is 1. The molecule has 0 saturated carbocycles. The van der Waals surface area contributed by atoms with Gasteiger partial charge in [0.25, 0.3) is 15.9 Å². The van der Waals surface area contributed by atoms with Crippen LogP contribution in [0.2, 0.25) is 0 Å². The van der Waals surface area contributed by atoms with E-state index in [1.807, 2.05) is 32.0 Å². The molecule has 0 radical (unpaired) electrons. The van der Waals surface area contributed by atoms with E-state index < -0.39 is 16.1 Å². The monoisotopic (exact) mass is 625 g/mol. The summed E-state index contributed by atoms with van der Waals surface area (Å²) in [6, 6.07) is 22.5. The first-order chi connectivity index (χ1) is 21.4. The Morgan fingerprint density at radius 3 is 2.33 bits per heavy atom. The summed E-state index contributed by atoms with van der Waals surface area (Å²) in [6.07, 6.45) is -0.431. The number of carbonyl (C=O) groups excluding carboxylic acids is 1. The van der Waals surface area contributed by atoms with Gasteiger partial charge in [0.15, 0.2) is 0 Å². The Bertz CT molecular complexity index is 1830. The van der Waals surface area contributed by atoms with Crippen LogP contribution in [0.15, 0.2) is 77.7 Å². The Balaban J connectivity index is 1.41. The van der Waals surface area contributed by atoms with Crippen molar-refractivity contribution >= 4 is 21.9 Å². The smallest absolute Gasteiger partial charge is 0.264 e. The summed E-state index contributed by atoms with van der Waals surface area (Å²) in [5, 5.41) is 0. The van der Waals surface area contributed by atoms with Crippen molar-refractivity contribution in [3.8, 4) is 17.1 Å². The summed E-state index contributed by atoms with van der Waals surface area (Å²) in [5.41, 5.74) is 6.25. The zero-order valence-electron chi connectivity index (χ0n) is 26.4. The van der Waals surface area contributed by atoms with Crippen LogP contribution in [0.1, 0.15) is 53.4 Å². The number of anilines is 1. The number of carbonyl (C=O) groups is 1. The number of nitrogens with zero attached hydrogens (tertiary/aromatic N) is 4. The molecule has 45 heavy (non-hydrogen) atoms. The van der Waals surface area contributed by atoms with Crippen molar-refractivity contribution < 1.29 is 17.9 Å². The van der Waals surface area contributed by atoms with Crippen LogP contribution in [0.4, 0.5) is 5.95 Å². The van der Waals surface area contributed by atoms with Crippen LogP contribution in [0.5, 0.6) is 5.88 Å². The van der Waals surface area contributed by atoms with Gasteiger partial charge >= 0.3 is 0 Å². The zero-order valence-corrected chi connectivity index (χ0v) is 27.2. The lowest BCUT2D eigenvalue weighted by atomic mass is 9.87. The van der Waals surface area contributed by atoms with E-state index in [9.17, 15) is 13.2 Å². The first-order valence-corrected chi connectivity index (χ1v) is 16.7. The molecule has 1 atom stereocenters. The molecule has 2 aliphatic rings. The van der Waals surface area contributed by atoms with E-state index in [0.29, 0.717) is 44.0 Å². The minimum atomic E-state index is -4.10. The van der Waals surface area contributed by atoms with Gasteiger partial charge in [-0.2, -0.15) is 4.98 Å². The highest BCUT2D eigenvalue weighted by molar-refractivity contribution is 7.92. The lowest BCUT2D eigenvalue weighted by molar-refractivity contribution is 0.0690. The lowest BCUT2D eigenvalue weighted by Crippen LogP contribution is -2.40. The molecule has 1 saturated heterocycles. The molecule has 4 aromatic rings. The van der Waals surface area contributed by atoms with Gasteiger partial charge in [-0.1, -0.05) is 69.3 Å². The fourth-order valence-electron chi connectivity index (χ4n) is 6.01. The Morgan fingerprint density at radius 2 is 1.62 bits per heavy atom. The standard InChI is InChI=1S/C35H39N5O4S/c1-23-8-6-9-24(2)32(23)30-19-31-37-34(36-30)38-45(42,43)29-11-7-10-26(18-29)33(41)40-17-16-39(21-28(22-40)44-31)20-25-12-14-27(15-13-25)35(3,4)5/h6-15,18-19,28H,16-17,20-22H2,1-5H3,(H,36,37,38)/t28-/m1/s1. The van der Waals surface area contributed by atoms with Crippen LogP contribution in [0.25, 0.3) is 11.3 Å². The molecule has 234 valence electrons. The number of hydrogen-bond acceptors (Lipinski definition) is 7. The van der Waals surface area contributed by atoms with Crippen molar-refractivity contribution in [2.24, 2.45) is 0 Å². The number of ether oxygens (including phenoxy) is 1. The quantitative estimate of drug-likeness (QED) is 0.317. The fourth-order valence-corrected chi connectivity index (χ4v) is 7.00. The number of hydrogen-bond donors (Lipinski definition) is 1. The zero-order chi connectivity index (χ0) is 31.9. The third kappa shape index (κ3) is 6.72. The maximum absolute atomic E-state index is 13.8. The van der Waals surface area contributed by atoms with Gasteiger partial charge in [-0.05, 0) is 59.7 Å². The normalized spacial score (nSPS) is 18.5. The molecule has 2 aliphatic heterocycles. The summed E-state index contributed by atoms with van der Waals surface area (Å²) < 4.78 is 36.0. The summed E-state index contributed by atoms with van der Waals surface area (Å²) in [4.78, 5) is 26.9. The van der Waals surface area contributed by atoms with E-state index in [4.69, 9.17) is 4.74 Å². The van der Waals surface area contributed by atoms with Crippen LogP contribution in [0, 0.1) is 13.8 Å². The Hall–Kier alpha value is -4.28. The van der Waals surface area contributed by atoms with Gasteiger partial charge in [0.05, 0.1) is 17.1 Å². The molecule has 1 amide bonds. The molecule has 1 N–H and O–H groups in total. The molecular formula is C35H39N5O4S. The predicted octanol–water partition coefficient (Wildman–Crippen LogP) is 5.58. The van der Waals surface area contributed by atoms with Gasteiger partial charge in [-0.25, -0.2) is 18.1 Å². The first-order valence-electron chi connectivity index (χ1n) is 15.2. The average Bonchev–Trinajstić information content (AvgIpc) is 3.17.